The molecule has 0 N–H and O–H groups in total. The normalized spacial score (nSPS) is 11.7. The van der Waals surface area contributed by atoms with Gasteiger partial charge in [0.05, 0.1) is 7.11 Å². The van der Waals surface area contributed by atoms with Crippen molar-refractivity contribution in [2.24, 2.45) is 0 Å². The fourth-order valence-corrected chi connectivity index (χ4v) is 2.33. The summed E-state index contributed by atoms with van der Waals surface area (Å²) in [5.41, 5.74) is 0.735. The second-order valence-corrected chi connectivity index (χ2v) is 5.99. The Bertz CT molecular complexity index is 893. The second-order valence-electron chi connectivity index (χ2n) is 5.55. The summed E-state index contributed by atoms with van der Waals surface area (Å²) in [6, 6.07) is 13.8. The molecule has 1 atom stereocenters. The van der Waals surface area contributed by atoms with Crippen LogP contribution in [0.2, 0.25) is 5.02 Å². The summed E-state index contributed by atoms with van der Waals surface area (Å²) in [4.78, 5) is 11.9. The molecule has 7 nitrogen and oxygen atoms in total. The topological polar surface area (TPSA) is 83.7 Å². The Balaban J connectivity index is 1.55. The second kappa shape index (κ2) is 8.55. The predicted octanol–water partition coefficient (Wildman–Crippen LogP) is 4.08. The number of carbonyl (C=O) groups excluding carboxylic acids is 1. The van der Waals surface area contributed by atoms with Gasteiger partial charge in [0.2, 0.25) is 5.89 Å². The van der Waals surface area contributed by atoms with E-state index in [1.165, 1.54) is 0 Å². The van der Waals surface area contributed by atoms with Gasteiger partial charge in [-0.05, 0) is 55.5 Å². The minimum Gasteiger partial charge on any atom is -0.497 e. The number of aromatic nitrogens is 2. The molecular weight excluding hydrogens is 372 g/mol. The fourth-order valence-electron chi connectivity index (χ4n) is 2.20. The van der Waals surface area contributed by atoms with E-state index in [1.54, 1.807) is 62.6 Å². The van der Waals surface area contributed by atoms with Crippen molar-refractivity contribution in [1.82, 2.24) is 10.2 Å². The van der Waals surface area contributed by atoms with E-state index < -0.39 is 12.1 Å². The minimum atomic E-state index is -0.703. The maximum absolute atomic E-state index is 11.9. The number of halogens is 1. The van der Waals surface area contributed by atoms with Crippen LogP contribution in [0.4, 0.5) is 0 Å². The lowest BCUT2D eigenvalue weighted by Crippen LogP contribution is -2.17. The predicted molar refractivity (Wildman–Crippen MR) is 97.7 cm³/mol. The van der Waals surface area contributed by atoms with Crippen LogP contribution in [0.15, 0.2) is 52.9 Å². The first-order chi connectivity index (χ1) is 13.0. The van der Waals surface area contributed by atoms with Crippen LogP contribution in [0.5, 0.6) is 11.5 Å². The van der Waals surface area contributed by atoms with Gasteiger partial charge in [-0.25, -0.2) is 4.79 Å². The number of carbonyl (C=O) groups is 1. The largest absolute Gasteiger partial charge is 0.497 e. The molecule has 0 radical (unpaired) electrons. The molecule has 2 aromatic carbocycles. The number of benzene rings is 2. The van der Waals surface area contributed by atoms with Gasteiger partial charge in [0.25, 0.3) is 5.89 Å². The molecule has 1 aromatic heterocycles. The summed E-state index contributed by atoms with van der Waals surface area (Å²) in [5, 5.41) is 8.50. The van der Waals surface area contributed by atoms with Crippen molar-refractivity contribution in [3.8, 4) is 23.0 Å². The van der Waals surface area contributed by atoms with Crippen LogP contribution in [-0.4, -0.2) is 29.9 Å². The monoisotopic (exact) mass is 388 g/mol. The average Bonchev–Trinajstić information content (AvgIpc) is 3.18. The highest BCUT2D eigenvalue weighted by Gasteiger charge is 2.19. The van der Waals surface area contributed by atoms with Crippen LogP contribution in [0.25, 0.3) is 11.5 Å². The van der Waals surface area contributed by atoms with E-state index in [0.29, 0.717) is 16.7 Å². The van der Waals surface area contributed by atoms with Crippen molar-refractivity contribution < 1.29 is 23.4 Å². The molecule has 3 rings (SSSR count). The molecule has 140 valence electrons. The van der Waals surface area contributed by atoms with Gasteiger partial charge in [0.15, 0.2) is 12.7 Å². The molecule has 0 fully saturated rings. The summed E-state index contributed by atoms with van der Waals surface area (Å²) in [6.45, 7) is 1.40. The molecule has 27 heavy (non-hydrogen) atoms. The van der Waals surface area contributed by atoms with Crippen LogP contribution in [0.3, 0.4) is 0 Å². The van der Waals surface area contributed by atoms with Crippen LogP contribution in [0, 0.1) is 0 Å². The quantitative estimate of drug-likeness (QED) is 0.564. The number of ether oxygens (including phenoxy) is 3. The van der Waals surface area contributed by atoms with E-state index >= 15 is 0 Å². The fraction of sp³-hybridized carbons (Fsp3) is 0.211. The van der Waals surface area contributed by atoms with Gasteiger partial charge >= 0.3 is 5.97 Å². The summed E-state index contributed by atoms with van der Waals surface area (Å²) >= 11 is 5.80. The molecule has 0 saturated heterocycles. The van der Waals surface area contributed by atoms with Crippen LogP contribution >= 0.6 is 11.6 Å². The number of hydrogen-bond donors (Lipinski definition) is 0. The molecular formula is C19H17ClN2O5. The zero-order valence-corrected chi connectivity index (χ0v) is 15.5. The maximum atomic E-state index is 11.9. The highest BCUT2D eigenvalue weighted by Crippen LogP contribution is 2.24. The van der Waals surface area contributed by atoms with E-state index in [4.69, 9.17) is 30.2 Å². The maximum Gasteiger partial charge on any atom is 0.344 e. The number of esters is 1. The van der Waals surface area contributed by atoms with Gasteiger partial charge in [0, 0.05) is 10.6 Å². The lowest BCUT2D eigenvalue weighted by molar-refractivity contribution is -0.152. The van der Waals surface area contributed by atoms with Crippen LogP contribution in [0.1, 0.15) is 18.9 Å². The third-order valence-electron chi connectivity index (χ3n) is 3.60. The van der Waals surface area contributed by atoms with Crippen molar-refractivity contribution in [2.45, 2.75) is 13.0 Å². The summed E-state index contributed by atoms with van der Waals surface area (Å²) in [6.07, 6.45) is -0.703. The Morgan fingerprint density at radius 2 is 1.74 bits per heavy atom. The Labute approximate surface area is 160 Å². The van der Waals surface area contributed by atoms with Gasteiger partial charge < -0.3 is 18.6 Å². The van der Waals surface area contributed by atoms with Crippen LogP contribution < -0.4 is 9.47 Å². The molecule has 0 unspecified atom stereocenters. The summed E-state index contributed by atoms with van der Waals surface area (Å²) in [5.74, 6) is 1.21. The van der Waals surface area contributed by atoms with Crippen molar-refractivity contribution in [1.29, 1.82) is 0 Å². The van der Waals surface area contributed by atoms with E-state index in [-0.39, 0.29) is 12.5 Å². The van der Waals surface area contributed by atoms with Crippen molar-refractivity contribution >= 4 is 17.6 Å². The highest BCUT2D eigenvalue weighted by molar-refractivity contribution is 6.30. The lowest BCUT2D eigenvalue weighted by atomic mass is 10.2. The third-order valence-corrected chi connectivity index (χ3v) is 3.86. The smallest absolute Gasteiger partial charge is 0.344 e. The molecule has 0 aliphatic carbocycles. The Hall–Kier alpha value is -3.06. The molecule has 0 amide bonds. The first-order valence-corrected chi connectivity index (χ1v) is 8.48. The minimum absolute atomic E-state index is 0.195. The van der Waals surface area contributed by atoms with Crippen molar-refractivity contribution in [2.75, 3.05) is 13.7 Å². The molecule has 8 heteroatoms. The summed E-state index contributed by atoms with van der Waals surface area (Å²) in [7, 11) is 1.59. The molecule has 0 saturated carbocycles. The molecule has 0 spiro atoms. The van der Waals surface area contributed by atoms with Gasteiger partial charge in [-0.2, -0.15) is 0 Å². The standard InChI is InChI=1S/C19H17ClN2O5/c1-12(26-17(23)11-25-16-9-5-14(20)6-10-16)18-21-22-19(27-18)13-3-7-15(24-2)8-4-13/h3-10,12H,11H2,1-2H3/t12-/m0/s1. The summed E-state index contributed by atoms with van der Waals surface area (Å²) < 4.78 is 21.3. The molecule has 1 heterocycles. The average molecular weight is 389 g/mol. The van der Waals surface area contributed by atoms with E-state index in [1.807, 2.05) is 0 Å². The number of methoxy groups -OCH3 is 1. The van der Waals surface area contributed by atoms with E-state index in [9.17, 15) is 4.79 Å². The zero-order chi connectivity index (χ0) is 19.2. The highest BCUT2D eigenvalue weighted by atomic mass is 35.5. The number of rotatable bonds is 7. The van der Waals surface area contributed by atoms with E-state index in [2.05, 4.69) is 10.2 Å². The lowest BCUT2D eigenvalue weighted by Gasteiger charge is -2.10. The van der Waals surface area contributed by atoms with E-state index in [0.717, 1.165) is 11.3 Å². The van der Waals surface area contributed by atoms with Crippen molar-refractivity contribution in [3.05, 3.63) is 59.4 Å². The van der Waals surface area contributed by atoms with Crippen molar-refractivity contribution in [3.63, 3.8) is 0 Å². The first kappa shape index (κ1) is 18.7. The Morgan fingerprint density at radius 3 is 2.41 bits per heavy atom. The molecule has 0 aliphatic heterocycles. The third kappa shape index (κ3) is 4.98. The molecule has 0 bridgehead atoms. The van der Waals surface area contributed by atoms with Gasteiger partial charge in [0.1, 0.15) is 11.5 Å². The Kier molecular flexibility index (Phi) is 5.93. The number of hydrogen-bond acceptors (Lipinski definition) is 7. The van der Waals surface area contributed by atoms with Gasteiger partial charge in [-0.1, -0.05) is 11.6 Å². The Morgan fingerprint density at radius 1 is 1.07 bits per heavy atom. The van der Waals surface area contributed by atoms with Gasteiger partial charge in [-0.3, -0.25) is 0 Å². The molecule has 3 aromatic rings. The molecule has 0 aliphatic rings. The number of nitrogens with zero attached hydrogens (tertiary/aromatic N) is 2. The zero-order valence-electron chi connectivity index (χ0n) is 14.7. The first-order valence-electron chi connectivity index (χ1n) is 8.11. The van der Waals surface area contributed by atoms with Crippen LogP contribution in [-0.2, 0) is 9.53 Å². The van der Waals surface area contributed by atoms with Gasteiger partial charge in [-0.15, -0.1) is 10.2 Å². The SMILES string of the molecule is COc1ccc(-c2nnc([C@H](C)OC(=O)COc3ccc(Cl)cc3)o2)cc1.